The fraction of sp³-hybridized carbons (Fsp3) is 0.857. The van der Waals surface area contributed by atoms with E-state index in [1.54, 1.807) is 0 Å². The Morgan fingerprint density at radius 1 is 1.73 bits per heavy atom. The quantitative estimate of drug-likeness (QED) is 0.628. The van der Waals surface area contributed by atoms with E-state index in [0.717, 1.165) is 6.42 Å². The molecule has 4 nitrogen and oxygen atoms in total. The highest BCUT2D eigenvalue weighted by Crippen LogP contribution is 1.94. The molecule has 0 aromatic carbocycles. The van der Waals surface area contributed by atoms with Crippen molar-refractivity contribution in [2.75, 3.05) is 13.1 Å². The number of nitrogens with one attached hydrogen (secondary N) is 1. The fourth-order valence-electron chi connectivity index (χ4n) is 0.482. The molecule has 0 heterocycles. The molecule has 1 unspecified atom stereocenters. The average molecular weight is 160 g/mol. The third-order valence-electron chi connectivity index (χ3n) is 1.30. The Kier molecular flexibility index (Phi) is 5.56. The van der Waals surface area contributed by atoms with Crippen LogP contribution in [0.15, 0.2) is 0 Å². The highest BCUT2D eigenvalue weighted by atomic mass is 16.6. The molecule has 0 fully saturated rings. The first-order chi connectivity index (χ1) is 5.20. The van der Waals surface area contributed by atoms with Crippen molar-refractivity contribution in [2.45, 2.75) is 26.4 Å². The number of ether oxygens (including phenoxy) is 1. The molecule has 0 spiro atoms. The summed E-state index contributed by atoms with van der Waals surface area (Å²) in [6, 6.07) is 0. The maximum Gasteiger partial charge on any atom is 0.407 e. The topological polar surface area (TPSA) is 64.3 Å². The molecule has 4 heteroatoms. The van der Waals surface area contributed by atoms with Crippen LogP contribution in [0.1, 0.15) is 20.3 Å². The van der Waals surface area contributed by atoms with Gasteiger partial charge >= 0.3 is 6.09 Å². The van der Waals surface area contributed by atoms with Crippen molar-refractivity contribution >= 4 is 6.09 Å². The van der Waals surface area contributed by atoms with Crippen molar-refractivity contribution in [3.63, 3.8) is 0 Å². The number of hydrogen-bond acceptors (Lipinski definition) is 3. The summed E-state index contributed by atoms with van der Waals surface area (Å²) in [5.74, 6) is 0. The first kappa shape index (κ1) is 10.2. The van der Waals surface area contributed by atoms with Crippen molar-refractivity contribution in [1.82, 2.24) is 5.32 Å². The van der Waals surface area contributed by atoms with Crippen molar-refractivity contribution in [3.8, 4) is 0 Å². The molecule has 0 aliphatic heterocycles. The van der Waals surface area contributed by atoms with Crippen LogP contribution in [-0.4, -0.2) is 25.3 Å². The number of amides is 1. The van der Waals surface area contributed by atoms with Crippen molar-refractivity contribution in [2.24, 2.45) is 5.73 Å². The highest BCUT2D eigenvalue weighted by molar-refractivity contribution is 5.67. The normalized spacial score (nSPS) is 12.3. The number of rotatable bonds is 4. The van der Waals surface area contributed by atoms with Crippen LogP contribution in [0.25, 0.3) is 0 Å². The minimum Gasteiger partial charge on any atom is -0.447 e. The third-order valence-corrected chi connectivity index (χ3v) is 1.30. The van der Waals surface area contributed by atoms with Crippen LogP contribution >= 0.6 is 0 Å². The van der Waals surface area contributed by atoms with E-state index in [2.05, 4.69) is 5.32 Å². The Bertz CT molecular complexity index is 117. The van der Waals surface area contributed by atoms with E-state index in [1.165, 1.54) is 0 Å². The van der Waals surface area contributed by atoms with Gasteiger partial charge in [-0.05, 0) is 13.3 Å². The zero-order valence-corrected chi connectivity index (χ0v) is 7.09. The van der Waals surface area contributed by atoms with E-state index >= 15 is 0 Å². The molecule has 0 bridgehead atoms. The third kappa shape index (κ3) is 5.66. The Hall–Kier alpha value is -0.770. The number of hydrogen-bond donors (Lipinski definition) is 2. The summed E-state index contributed by atoms with van der Waals surface area (Å²) in [6.45, 7) is 4.72. The summed E-state index contributed by atoms with van der Waals surface area (Å²) in [4.78, 5) is 10.8. The van der Waals surface area contributed by atoms with Crippen molar-refractivity contribution in [3.05, 3.63) is 0 Å². The lowest BCUT2D eigenvalue weighted by Crippen LogP contribution is -2.31. The van der Waals surface area contributed by atoms with E-state index in [4.69, 9.17) is 10.5 Å². The van der Waals surface area contributed by atoms with E-state index in [0.29, 0.717) is 13.1 Å². The van der Waals surface area contributed by atoms with Crippen LogP contribution in [-0.2, 0) is 4.74 Å². The van der Waals surface area contributed by atoms with Gasteiger partial charge in [0.1, 0.15) is 6.10 Å². The van der Waals surface area contributed by atoms with Crippen LogP contribution in [0.5, 0.6) is 0 Å². The average Bonchev–Trinajstić information content (AvgIpc) is 2.00. The maximum atomic E-state index is 10.8. The molecule has 0 aromatic rings. The summed E-state index contributed by atoms with van der Waals surface area (Å²) in [7, 11) is 0. The predicted molar refractivity (Wildman–Crippen MR) is 43.3 cm³/mol. The number of alkyl carbamates (subject to hydrolysis) is 1. The van der Waals surface area contributed by atoms with Gasteiger partial charge in [0.25, 0.3) is 0 Å². The highest BCUT2D eigenvalue weighted by Gasteiger charge is 2.04. The lowest BCUT2D eigenvalue weighted by atomic mass is 10.3. The molecular formula is C7H16N2O2. The second kappa shape index (κ2) is 5.97. The molecule has 1 atom stereocenters. The summed E-state index contributed by atoms with van der Waals surface area (Å²) in [5, 5.41) is 2.51. The molecule has 3 N–H and O–H groups in total. The summed E-state index contributed by atoms with van der Waals surface area (Å²) in [5.41, 5.74) is 5.17. The van der Waals surface area contributed by atoms with Gasteiger partial charge in [-0.15, -0.1) is 0 Å². The van der Waals surface area contributed by atoms with Crippen LogP contribution in [0.2, 0.25) is 0 Å². The first-order valence-electron chi connectivity index (χ1n) is 3.85. The molecule has 1 amide bonds. The van der Waals surface area contributed by atoms with E-state index < -0.39 is 0 Å². The van der Waals surface area contributed by atoms with Gasteiger partial charge in [0.05, 0.1) is 0 Å². The van der Waals surface area contributed by atoms with Gasteiger partial charge in [0.15, 0.2) is 0 Å². The molecule has 0 radical (unpaired) electrons. The number of nitrogens with two attached hydrogens (primary N) is 1. The molecule has 11 heavy (non-hydrogen) atoms. The van der Waals surface area contributed by atoms with E-state index in [-0.39, 0.29) is 12.2 Å². The van der Waals surface area contributed by atoms with Gasteiger partial charge < -0.3 is 15.8 Å². The first-order valence-corrected chi connectivity index (χ1v) is 3.85. The zero-order chi connectivity index (χ0) is 8.69. The Labute approximate surface area is 67.1 Å². The summed E-state index contributed by atoms with van der Waals surface area (Å²) < 4.78 is 4.90. The Balaban J connectivity index is 3.36. The van der Waals surface area contributed by atoms with Gasteiger partial charge in [0, 0.05) is 13.1 Å². The van der Waals surface area contributed by atoms with E-state index in [9.17, 15) is 4.79 Å². The minimum atomic E-state index is -0.384. The molecule has 0 rings (SSSR count). The smallest absolute Gasteiger partial charge is 0.407 e. The van der Waals surface area contributed by atoms with Crippen molar-refractivity contribution in [1.29, 1.82) is 0 Å². The molecule has 0 saturated carbocycles. The molecule has 0 aliphatic rings. The number of carbonyl (C=O) groups is 1. The van der Waals surface area contributed by atoms with Crippen LogP contribution in [0, 0.1) is 0 Å². The predicted octanol–water partition coefficient (Wildman–Crippen LogP) is 0.470. The standard InChI is InChI=1S/C7H16N2O2/c1-3-6(2)11-7(10)9-5-4-8/h6H,3-5,8H2,1-2H3,(H,9,10). The van der Waals surface area contributed by atoms with Crippen molar-refractivity contribution < 1.29 is 9.53 Å². The second-order valence-electron chi connectivity index (χ2n) is 2.34. The Morgan fingerprint density at radius 3 is 2.82 bits per heavy atom. The van der Waals surface area contributed by atoms with Gasteiger partial charge in [0.2, 0.25) is 0 Å². The lowest BCUT2D eigenvalue weighted by Gasteiger charge is -2.10. The monoisotopic (exact) mass is 160 g/mol. The van der Waals surface area contributed by atoms with Gasteiger partial charge in [-0.3, -0.25) is 0 Å². The van der Waals surface area contributed by atoms with Gasteiger partial charge in [-0.2, -0.15) is 0 Å². The summed E-state index contributed by atoms with van der Waals surface area (Å²) in [6.07, 6.45) is 0.424. The Morgan fingerprint density at radius 2 is 2.36 bits per heavy atom. The second-order valence-corrected chi connectivity index (χ2v) is 2.34. The lowest BCUT2D eigenvalue weighted by molar-refractivity contribution is 0.105. The molecule has 66 valence electrons. The van der Waals surface area contributed by atoms with Crippen LogP contribution in [0.3, 0.4) is 0 Å². The summed E-state index contributed by atoms with van der Waals surface area (Å²) >= 11 is 0. The van der Waals surface area contributed by atoms with Crippen LogP contribution < -0.4 is 11.1 Å². The molecular weight excluding hydrogens is 144 g/mol. The van der Waals surface area contributed by atoms with Crippen LogP contribution in [0.4, 0.5) is 4.79 Å². The minimum absolute atomic E-state index is 0.0206. The zero-order valence-electron chi connectivity index (χ0n) is 7.09. The van der Waals surface area contributed by atoms with Gasteiger partial charge in [-0.1, -0.05) is 6.92 Å². The molecule has 0 aliphatic carbocycles. The van der Waals surface area contributed by atoms with E-state index in [1.807, 2.05) is 13.8 Å². The molecule has 0 aromatic heterocycles. The number of carbonyl (C=O) groups excluding carboxylic acids is 1. The maximum absolute atomic E-state index is 10.8. The molecule has 0 saturated heterocycles. The van der Waals surface area contributed by atoms with Gasteiger partial charge in [-0.25, -0.2) is 4.79 Å². The largest absolute Gasteiger partial charge is 0.447 e. The fourth-order valence-corrected chi connectivity index (χ4v) is 0.482. The SMILES string of the molecule is CCC(C)OC(=O)NCCN.